The Morgan fingerprint density at radius 1 is 1.25 bits per heavy atom. The van der Waals surface area contributed by atoms with Gasteiger partial charge in [0.2, 0.25) is 0 Å². The summed E-state index contributed by atoms with van der Waals surface area (Å²) in [7, 11) is 0. The lowest BCUT2D eigenvalue weighted by atomic mass is 9.58. The highest BCUT2D eigenvalue weighted by Gasteiger charge is 2.45. The lowest BCUT2D eigenvalue weighted by Crippen LogP contribution is -2.56. The Kier molecular flexibility index (Phi) is 2.13. The van der Waals surface area contributed by atoms with Gasteiger partial charge in [-0.15, -0.1) is 0 Å². The van der Waals surface area contributed by atoms with Crippen LogP contribution in [-0.2, 0) is 0 Å². The third-order valence-electron chi connectivity index (χ3n) is 4.12. The van der Waals surface area contributed by atoms with Crippen LogP contribution in [0.2, 0.25) is 0 Å². The molecule has 0 spiro atoms. The van der Waals surface area contributed by atoms with Crippen molar-refractivity contribution < 1.29 is 0 Å². The highest BCUT2D eigenvalue weighted by molar-refractivity contribution is 5.00. The van der Waals surface area contributed by atoms with E-state index in [0.717, 1.165) is 12.5 Å². The zero-order chi connectivity index (χ0) is 8.60. The van der Waals surface area contributed by atoms with Gasteiger partial charge < -0.3 is 11.5 Å². The second-order valence-corrected chi connectivity index (χ2v) is 4.64. The summed E-state index contributed by atoms with van der Waals surface area (Å²) >= 11 is 0. The summed E-state index contributed by atoms with van der Waals surface area (Å²) in [5.41, 5.74) is 12.4. The maximum absolute atomic E-state index is 6.25. The molecule has 2 aliphatic rings. The van der Waals surface area contributed by atoms with Gasteiger partial charge in [0.1, 0.15) is 0 Å². The molecule has 1 unspecified atom stereocenters. The second kappa shape index (κ2) is 3.00. The molecule has 70 valence electrons. The third-order valence-corrected chi connectivity index (χ3v) is 4.12. The van der Waals surface area contributed by atoms with Crippen molar-refractivity contribution in [2.75, 3.05) is 6.54 Å². The molecule has 2 rings (SSSR count). The topological polar surface area (TPSA) is 52.0 Å². The Labute approximate surface area is 74.7 Å². The Balaban J connectivity index is 1.95. The molecule has 0 saturated heterocycles. The lowest BCUT2D eigenvalue weighted by molar-refractivity contribution is 0.0478. The molecule has 0 aromatic carbocycles. The van der Waals surface area contributed by atoms with E-state index in [1.807, 2.05) is 0 Å². The molecule has 0 aromatic heterocycles. The highest BCUT2D eigenvalue weighted by atomic mass is 14.8. The molecule has 2 aliphatic carbocycles. The SMILES string of the molecule is NCC1(C(N)C2CCC2)CCC1. The van der Waals surface area contributed by atoms with E-state index < -0.39 is 0 Å². The van der Waals surface area contributed by atoms with E-state index in [-0.39, 0.29) is 0 Å². The van der Waals surface area contributed by atoms with Crippen molar-refractivity contribution in [1.82, 2.24) is 0 Å². The van der Waals surface area contributed by atoms with Crippen molar-refractivity contribution >= 4 is 0 Å². The van der Waals surface area contributed by atoms with Crippen molar-refractivity contribution in [3.8, 4) is 0 Å². The summed E-state index contributed by atoms with van der Waals surface area (Å²) in [5.74, 6) is 0.800. The molecule has 0 heterocycles. The number of hydrogen-bond donors (Lipinski definition) is 2. The minimum absolute atomic E-state index is 0.352. The molecule has 1 atom stereocenters. The highest BCUT2D eigenvalue weighted by Crippen LogP contribution is 2.47. The maximum Gasteiger partial charge on any atom is 0.0136 e. The number of rotatable bonds is 3. The van der Waals surface area contributed by atoms with E-state index in [2.05, 4.69) is 0 Å². The third kappa shape index (κ3) is 1.09. The van der Waals surface area contributed by atoms with Crippen LogP contribution in [0.25, 0.3) is 0 Å². The van der Waals surface area contributed by atoms with E-state index >= 15 is 0 Å². The second-order valence-electron chi connectivity index (χ2n) is 4.64. The summed E-state index contributed by atoms with van der Waals surface area (Å²) in [4.78, 5) is 0. The van der Waals surface area contributed by atoms with Gasteiger partial charge >= 0.3 is 0 Å². The normalized spacial score (nSPS) is 30.5. The van der Waals surface area contributed by atoms with Crippen molar-refractivity contribution in [3.63, 3.8) is 0 Å². The Morgan fingerprint density at radius 3 is 2.17 bits per heavy atom. The molecule has 0 amide bonds. The van der Waals surface area contributed by atoms with Gasteiger partial charge in [-0.3, -0.25) is 0 Å². The van der Waals surface area contributed by atoms with Gasteiger partial charge in [-0.25, -0.2) is 0 Å². The van der Waals surface area contributed by atoms with Gasteiger partial charge in [0.05, 0.1) is 0 Å². The van der Waals surface area contributed by atoms with E-state index in [1.165, 1.54) is 38.5 Å². The van der Waals surface area contributed by atoms with Crippen LogP contribution in [0.1, 0.15) is 38.5 Å². The van der Waals surface area contributed by atoms with Gasteiger partial charge in [-0.2, -0.15) is 0 Å². The summed E-state index contributed by atoms with van der Waals surface area (Å²) < 4.78 is 0. The molecule has 2 fully saturated rings. The molecule has 0 radical (unpaired) electrons. The molecule has 0 bridgehead atoms. The zero-order valence-electron chi connectivity index (χ0n) is 7.76. The largest absolute Gasteiger partial charge is 0.330 e. The monoisotopic (exact) mass is 168 g/mol. The predicted octanol–water partition coefficient (Wildman–Crippen LogP) is 1.24. The zero-order valence-corrected chi connectivity index (χ0v) is 7.76. The van der Waals surface area contributed by atoms with E-state index in [1.54, 1.807) is 0 Å². The van der Waals surface area contributed by atoms with E-state index in [9.17, 15) is 0 Å². The Bertz CT molecular complexity index is 154. The quantitative estimate of drug-likeness (QED) is 0.666. The molecular weight excluding hydrogens is 148 g/mol. The average molecular weight is 168 g/mol. The molecule has 12 heavy (non-hydrogen) atoms. The van der Waals surface area contributed by atoms with Crippen LogP contribution in [0.4, 0.5) is 0 Å². The van der Waals surface area contributed by atoms with Crippen LogP contribution < -0.4 is 11.5 Å². The Hall–Kier alpha value is -0.0800. The average Bonchev–Trinajstić information content (AvgIpc) is 1.81. The summed E-state index contributed by atoms with van der Waals surface area (Å²) in [6.07, 6.45) is 7.99. The van der Waals surface area contributed by atoms with Gasteiger partial charge in [-0.1, -0.05) is 12.8 Å². The molecule has 0 aliphatic heterocycles. The number of hydrogen-bond acceptors (Lipinski definition) is 2. The first-order valence-corrected chi connectivity index (χ1v) is 5.24. The van der Waals surface area contributed by atoms with Crippen LogP contribution in [-0.4, -0.2) is 12.6 Å². The smallest absolute Gasteiger partial charge is 0.0136 e. The molecule has 2 saturated carbocycles. The molecule has 0 aromatic rings. The minimum atomic E-state index is 0.352. The fourth-order valence-electron chi connectivity index (χ4n) is 2.60. The van der Waals surface area contributed by atoms with Gasteiger partial charge in [0.25, 0.3) is 0 Å². The first-order valence-electron chi connectivity index (χ1n) is 5.24. The summed E-state index contributed by atoms with van der Waals surface area (Å²) in [5, 5.41) is 0. The predicted molar refractivity (Wildman–Crippen MR) is 50.7 cm³/mol. The summed E-state index contributed by atoms with van der Waals surface area (Å²) in [6.45, 7) is 0.810. The van der Waals surface area contributed by atoms with Crippen LogP contribution in [0.15, 0.2) is 0 Å². The van der Waals surface area contributed by atoms with Crippen LogP contribution in [0, 0.1) is 11.3 Å². The molecule has 4 N–H and O–H groups in total. The van der Waals surface area contributed by atoms with Crippen LogP contribution >= 0.6 is 0 Å². The maximum atomic E-state index is 6.25. The first kappa shape index (κ1) is 8.52. The first-order chi connectivity index (χ1) is 5.78. The van der Waals surface area contributed by atoms with E-state index in [4.69, 9.17) is 11.5 Å². The van der Waals surface area contributed by atoms with Crippen molar-refractivity contribution in [2.24, 2.45) is 22.8 Å². The summed E-state index contributed by atoms with van der Waals surface area (Å²) in [6, 6.07) is 0.407. The fraction of sp³-hybridized carbons (Fsp3) is 1.00. The van der Waals surface area contributed by atoms with E-state index in [0.29, 0.717) is 11.5 Å². The van der Waals surface area contributed by atoms with Crippen molar-refractivity contribution in [1.29, 1.82) is 0 Å². The van der Waals surface area contributed by atoms with Gasteiger partial charge in [0.15, 0.2) is 0 Å². The standard InChI is InChI=1S/C10H20N2/c11-7-10(5-2-6-10)9(12)8-3-1-4-8/h8-9H,1-7,11-12H2. The number of nitrogens with two attached hydrogens (primary N) is 2. The fourth-order valence-corrected chi connectivity index (χ4v) is 2.60. The lowest BCUT2D eigenvalue weighted by Gasteiger charge is -2.50. The van der Waals surface area contributed by atoms with Gasteiger partial charge in [0, 0.05) is 6.04 Å². The molecule has 2 heteroatoms. The van der Waals surface area contributed by atoms with Gasteiger partial charge in [-0.05, 0) is 43.6 Å². The van der Waals surface area contributed by atoms with Crippen LogP contribution in [0.3, 0.4) is 0 Å². The van der Waals surface area contributed by atoms with Crippen molar-refractivity contribution in [2.45, 2.75) is 44.6 Å². The van der Waals surface area contributed by atoms with Crippen molar-refractivity contribution in [3.05, 3.63) is 0 Å². The van der Waals surface area contributed by atoms with Crippen LogP contribution in [0.5, 0.6) is 0 Å². The minimum Gasteiger partial charge on any atom is -0.330 e. The molecule has 2 nitrogen and oxygen atoms in total. The Morgan fingerprint density at radius 2 is 1.92 bits per heavy atom. The molecular formula is C10H20N2.